The number of hydrogen-bond acceptors (Lipinski definition) is 6. The molecule has 0 saturated heterocycles. The fourth-order valence-electron chi connectivity index (χ4n) is 1.98. The van der Waals surface area contributed by atoms with Crippen molar-refractivity contribution in [2.45, 2.75) is 38.8 Å². The number of rotatable bonds is 9. The van der Waals surface area contributed by atoms with Crippen LogP contribution in [0.15, 0.2) is 24.3 Å². The molecule has 8 heteroatoms. The van der Waals surface area contributed by atoms with Gasteiger partial charge in [-0.1, -0.05) is 12.1 Å². The van der Waals surface area contributed by atoms with E-state index >= 15 is 0 Å². The lowest BCUT2D eigenvalue weighted by atomic mass is 10.0. The van der Waals surface area contributed by atoms with E-state index in [9.17, 15) is 19.7 Å². The number of carbonyl (C=O) groups is 2. The zero-order valence-corrected chi connectivity index (χ0v) is 13.0. The first-order valence-corrected chi connectivity index (χ1v) is 7.24. The molecular formula is C15H20N2O6. The maximum absolute atomic E-state index is 11.9. The molecule has 0 radical (unpaired) electrons. The molecule has 0 heterocycles. The molecule has 1 aromatic carbocycles. The predicted octanol–water partition coefficient (Wildman–Crippen LogP) is 1.52. The number of hydrogen-bond donors (Lipinski definition) is 2. The quantitative estimate of drug-likeness (QED) is 0.401. The van der Waals surface area contributed by atoms with Gasteiger partial charge in [-0.2, -0.15) is 0 Å². The molecule has 1 aromatic rings. The van der Waals surface area contributed by atoms with Crippen LogP contribution in [0.5, 0.6) is 0 Å². The van der Waals surface area contributed by atoms with Crippen molar-refractivity contribution in [3.05, 3.63) is 39.9 Å². The van der Waals surface area contributed by atoms with Crippen LogP contribution in [0.3, 0.4) is 0 Å². The zero-order valence-electron chi connectivity index (χ0n) is 13.0. The minimum absolute atomic E-state index is 0.00619. The van der Waals surface area contributed by atoms with E-state index < -0.39 is 28.9 Å². The SMILES string of the molecule is CCOC(=O)C(CCc1ccc([N+](=O)[O-])cc1)N[C@@H](C)C(=O)O. The molecule has 0 aliphatic rings. The number of aryl methyl sites for hydroxylation is 1. The fraction of sp³-hybridized carbons (Fsp3) is 0.467. The highest BCUT2D eigenvalue weighted by Crippen LogP contribution is 2.14. The number of nitrogens with one attached hydrogen (secondary N) is 1. The Morgan fingerprint density at radius 2 is 1.96 bits per heavy atom. The van der Waals surface area contributed by atoms with Gasteiger partial charge in [-0.05, 0) is 32.3 Å². The second-order valence-electron chi connectivity index (χ2n) is 4.99. The van der Waals surface area contributed by atoms with Crippen LogP contribution < -0.4 is 5.32 Å². The summed E-state index contributed by atoms with van der Waals surface area (Å²) in [6.45, 7) is 3.32. The van der Waals surface area contributed by atoms with Crippen molar-refractivity contribution in [1.29, 1.82) is 0 Å². The topological polar surface area (TPSA) is 119 Å². The summed E-state index contributed by atoms with van der Waals surface area (Å²) in [7, 11) is 0. The third kappa shape index (κ3) is 6.03. The third-order valence-electron chi connectivity index (χ3n) is 3.26. The summed E-state index contributed by atoms with van der Waals surface area (Å²) in [6.07, 6.45) is 0.787. The van der Waals surface area contributed by atoms with Crippen molar-refractivity contribution in [2.75, 3.05) is 6.61 Å². The summed E-state index contributed by atoms with van der Waals surface area (Å²) in [5.41, 5.74) is 0.808. The molecule has 0 aliphatic carbocycles. The number of aliphatic carboxylic acids is 1. The zero-order chi connectivity index (χ0) is 17.4. The summed E-state index contributed by atoms with van der Waals surface area (Å²) in [5.74, 6) is -1.57. The van der Waals surface area contributed by atoms with E-state index in [1.165, 1.54) is 19.1 Å². The van der Waals surface area contributed by atoms with Crippen molar-refractivity contribution in [3.8, 4) is 0 Å². The number of non-ortho nitro benzene ring substituents is 1. The number of carboxylic acid groups (broad SMARTS) is 1. The van der Waals surface area contributed by atoms with Crippen LogP contribution in [-0.2, 0) is 20.7 Å². The molecule has 0 saturated carbocycles. The second kappa shape index (κ2) is 8.84. The highest BCUT2D eigenvalue weighted by molar-refractivity contribution is 5.78. The predicted molar refractivity (Wildman–Crippen MR) is 82.1 cm³/mol. The molecular weight excluding hydrogens is 304 g/mol. The minimum Gasteiger partial charge on any atom is -0.480 e. The van der Waals surface area contributed by atoms with Crippen LogP contribution in [0.2, 0.25) is 0 Å². The molecule has 8 nitrogen and oxygen atoms in total. The van der Waals surface area contributed by atoms with Gasteiger partial charge in [0.15, 0.2) is 0 Å². The van der Waals surface area contributed by atoms with Gasteiger partial charge in [0, 0.05) is 12.1 Å². The standard InChI is InChI=1S/C15H20N2O6/c1-3-23-15(20)13(16-10(2)14(18)19)9-6-11-4-7-12(8-5-11)17(21)22/h4-5,7-8,10,13,16H,3,6,9H2,1-2H3,(H,18,19)/t10-,13?/m0/s1. The van der Waals surface area contributed by atoms with E-state index in [4.69, 9.17) is 9.84 Å². The number of nitrogens with zero attached hydrogens (tertiary/aromatic N) is 1. The number of ether oxygens (including phenoxy) is 1. The van der Waals surface area contributed by atoms with Crippen molar-refractivity contribution >= 4 is 17.6 Å². The van der Waals surface area contributed by atoms with Gasteiger partial charge < -0.3 is 9.84 Å². The highest BCUT2D eigenvalue weighted by atomic mass is 16.6. The molecule has 1 rings (SSSR count). The lowest BCUT2D eigenvalue weighted by Gasteiger charge is -2.19. The van der Waals surface area contributed by atoms with Crippen LogP contribution in [-0.4, -0.2) is 40.7 Å². The van der Waals surface area contributed by atoms with Crippen LogP contribution in [0.4, 0.5) is 5.69 Å². The minimum atomic E-state index is -1.06. The van der Waals surface area contributed by atoms with Crippen LogP contribution in [0, 0.1) is 10.1 Å². The highest BCUT2D eigenvalue weighted by Gasteiger charge is 2.24. The van der Waals surface area contributed by atoms with Crippen molar-refractivity contribution < 1.29 is 24.4 Å². The fourth-order valence-corrected chi connectivity index (χ4v) is 1.98. The Bertz CT molecular complexity index is 558. The van der Waals surface area contributed by atoms with Gasteiger partial charge in [-0.3, -0.25) is 25.0 Å². The van der Waals surface area contributed by atoms with Gasteiger partial charge >= 0.3 is 11.9 Å². The average Bonchev–Trinajstić information content (AvgIpc) is 2.51. The summed E-state index contributed by atoms with van der Waals surface area (Å²) in [6, 6.07) is 4.36. The lowest BCUT2D eigenvalue weighted by Crippen LogP contribution is -2.46. The summed E-state index contributed by atoms with van der Waals surface area (Å²) < 4.78 is 4.94. The molecule has 2 N–H and O–H groups in total. The van der Waals surface area contributed by atoms with E-state index in [0.29, 0.717) is 12.8 Å². The van der Waals surface area contributed by atoms with Gasteiger partial charge in [0.25, 0.3) is 5.69 Å². The Morgan fingerprint density at radius 1 is 1.35 bits per heavy atom. The Kier molecular flexibility index (Phi) is 7.14. The van der Waals surface area contributed by atoms with E-state index in [2.05, 4.69) is 5.32 Å². The first-order valence-electron chi connectivity index (χ1n) is 7.24. The van der Waals surface area contributed by atoms with Crippen LogP contribution in [0.1, 0.15) is 25.8 Å². The molecule has 126 valence electrons. The van der Waals surface area contributed by atoms with E-state index in [-0.39, 0.29) is 12.3 Å². The molecule has 0 fully saturated rings. The first-order chi connectivity index (χ1) is 10.8. The molecule has 2 atom stereocenters. The van der Waals surface area contributed by atoms with Gasteiger partial charge in [0.05, 0.1) is 11.5 Å². The average molecular weight is 324 g/mol. The Labute approximate surface area is 133 Å². The molecule has 0 aliphatic heterocycles. The summed E-state index contributed by atoms with van der Waals surface area (Å²) in [5, 5.41) is 22.3. The Morgan fingerprint density at radius 3 is 2.43 bits per heavy atom. The van der Waals surface area contributed by atoms with E-state index in [1.807, 2.05) is 0 Å². The molecule has 0 spiro atoms. The Balaban J connectivity index is 2.70. The van der Waals surface area contributed by atoms with E-state index in [1.54, 1.807) is 19.1 Å². The third-order valence-corrected chi connectivity index (χ3v) is 3.26. The number of carboxylic acids is 1. The van der Waals surface area contributed by atoms with Crippen molar-refractivity contribution in [2.24, 2.45) is 0 Å². The maximum Gasteiger partial charge on any atom is 0.323 e. The van der Waals surface area contributed by atoms with Crippen LogP contribution >= 0.6 is 0 Å². The van der Waals surface area contributed by atoms with Crippen molar-refractivity contribution in [1.82, 2.24) is 5.32 Å². The van der Waals surface area contributed by atoms with Gasteiger partial charge in [0.1, 0.15) is 12.1 Å². The molecule has 23 heavy (non-hydrogen) atoms. The number of nitro benzene ring substituents is 1. The smallest absolute Gasteiger partial charge is 0.323 e. The number of benzene rings is 1. The van der Waals surface area contributed by atoms with Crippen LogP contribution in [0.25, 0.3) is 0 Å². The normalized spacial score (nSPS) is 13.1. The van der Waals surface area contributed by atoms with Gasteiger partial charge in [-0.15, -0.1) is 0 Å². The molecule has 0 bridgehead atoms. The summed E-state index contributed by atoms with van der Waals surface area (Å²) in [4.78, 5) is 32.9. The first kappa shape index (κ1) is 18.6. The molecule has 0 amide bonds. The van der Waals surface area contributed by atoms with Gasteiger partial charge in [0.2, 0.25) is 0 Å². The maximum atomic E-state index is 11.9. The Hall–Kier alpha value is -2.48. The number of carbonyl (C=O) groups excluding carboxylic acids is 1. The summed E-state index contributed by atoms with van der Waals surface area (Å²) >= 11 is 0. The largest absolute Gasteiger partial charge is 0.480 e. The molecule has 0 aromatic heterocycles. The number of esters is 1. The monoisotopic (exact) mass is 324 g/mol. The molecule has 1 unspecified atom stereocenters. The lowest BCUT2D eigenvalue weighted by molar-refractivity contribution is -0.384. The van der Waals surface area contributed by atoms with Gasteiger partial charge in [-0.25, -0.2) is 0 Å². The second-order valence-corrected chi connectivity index (χ2v) is 4.99. The van der Waals surface area contributed by atoms with Crippen molar-refractivity contribution in [3.63, 3.8) is 0 Å². The number of nitro groups is 1. The van der Waals surface area contributed by atoms with E-state index in [0.717, 1.165) is 5.56 Å².